The van der Waals surface area contributed by atoms with Crippen molar-refractivity contribution < 1.29 is 0 Å². The molecule has 0 amide bonds. The van der Waals surface area contributed by atoms with Gasteiger partial charge in [0.05, 0.1) is 0 Å². The van der Waals surface area contributed by atoms with Crippen molar-refractivity contribution in [3.05, 3.63) is 12.7 Å². The lowest BCUT2D eigenvalue weighted by atomic mass is 10.0. The molecule has 0 fully saturated rings. The highest BCUT2D eigenvalue weighted by molar-refractivity contribution is 7.44. The van der Waals surface area contributed by atoms with Gasteiger partial charge in [0.1, 0.15) is 0 Å². The molecule has 0 saturated carbocycles. The Kier molecular flexibility index (Phi) is 20.7. The first-order valence-corrected chi connectivity index (χ1v) is 16.3. The Hall–Kier alpha value is 0.537. The van der Waals surface area contributed by atoms with Crippen molar-refractivity contribution in [2.45, 2.75) is 135 Å². The Labute approximate surface area is 175 Å². The molecule has 0 N–H and O–H groups in total. The molecule has 0 rings (SSSR count). The van der Waals surface area contributed by atoms with Crippen LogP contribution in [0.15, 0.2) is 12.7 Å². The second-order valence-corrected chi connectivity index (χ2v) is 16.5. The summed E-state index contributed by atoms with van der Waals surface area (Å²) in [6.45, 7) is 3.98. The highest BCUT2D eigenvalue weighted by atomic mass is 35.7. The third-order valence-electron chi connectivity index (χ3n) is 5.27. The van der Waals surface area contributed by atoms with Gasteiger partial charge in [0.15, 0.2) is 0 Å². The number of allylic oxidation sites excluding steroid dienone is 1. The zero-order valence-electron chi connectivity index (χ0n) is 17.7. The molecule has 0 aromatic rings. The molecular weight excluding hydrogens is 375 g/mol. The van der Waals surface area contributed by atoms with E-state index >= 15 is 0 Å². The van der Waals surface area contributed by atoms with Gasteiger partial charge in [-0.2, -0.15) is 0 Å². The minimum Gasteiger partial charge on any atom is -0.146 e. The Bertz CT molecular complexity index is 286. The largest absolute Gasteiger partial charge is 0.248 e. The van der Waals surface area contributed by atoms with Crippen LogP contribution in [0, 0.1) is 0 Å². The Morgan fingerprint density at radius 2 is 0.808 bits per heavy atom. The predicted octanol–water partition coefficient (Wildman–Crippen LogP) is 10.1. The summed E-state index contributed by atoms with van der Waals surface area (Å²) in [6.07, 6.45) is 28.6. The van der Waals surface area contributed by atoms with Gasteiger partial charge in [0.2, 0.25) is 6.69 Å². The maximum absolute atomic E-state index is 6.12. The van der Waals surface area contributed by atoms with E-state index in [1.54, 1.807) is 0 Å². The van der Waals surface area contributed by atoms with Crippen LogP contribution in [-0.2, 0) is 0 Å². The lowest BCUT2D eigenvalue weighted by molar-refractivity contribution is 0.525. The summed E-state index contributed by atoms with van der Waals surface area (Å²) in [5.74, 6) is 0. The van der Waals surface area contributed by atoms with Crippen LogP contribution in [0.2, 0.25) is 12.6 Å². The minimum absolute atomic E-state index is 1.06. The van der Waals surface area contributed by atoms with E-state index in [9.17, 15) is 0 Å². The molecule has 0 aromatic carbocycles. The Morgan fingerprint density at radius 1 is 0.538 bits per heavy atom. The smallest absolute Gasteiger partial charge is 0.146 e. The van der Waals surface area contributed by atoms with Crippen molar-refractivity contribution >= 4 is 28.9 Å². The van der Waals surface area contributed by atoms with E-state index in [2.05, 4.69) is 6.58 Å². The molecule has 156 valence electrons. The summed E-state index contributed by atoms with van der Waals surface area (Å²) in [7, 11) is 0. The van der Waals surface area contributed by atoms with Gasteiger partial charge in [-0.3, -0.25) is 0 Å². The van der Waals surface area contributed by atoms with Crippen LogP contribution in [0.3, 0.4) is 0 Å². The molecule has 0 radical (unpaired) electrons. The summed E-state index contributed by atoms with van der Waals surface area (Å²) in [6, 6.07) is 1.06. The highest BCUT2D eigenvalue weighted by Gasteiger charge is 2.19. The van der Waals surface area contributed by atoms with Crippen LogP contribution in [0.4, 0.5) is 0 Å². The van der Waals surface area contributed by atoms with Gasteiger partial charge in [-0.15, -0.1) is 28.7 Å². The van der Waals surface area contributed by atoms with Gasteiger partial charge in [0.25, 0.3) is 0 Å². The normalized spacial score (nSPS) is 11.8. The van der Waals surface area contributed by atoms with Crippen molar-refractivity contribution in [2.75, 3.05) is 0 Å². The third kappa shape index (κ3) is 24.5. The second kappa shape index (κ2) is 20.3. The first-order chi connectivity index (χ1) is 12.6. The van der Waals surface area contributed by atoms with E-state index in [0.717, 1.165) is 6.04 Å². The van der Waals surface area contributed by atoms with E-state index < -0.39 is 6.69 Å². The molecule has 0 nitrogen and oxygen atoms in total. The van der Waals surface area contributed by atoms with Gasteiger partial charge < -0.3 is 0 Å². The van der Waals surface area contributed by atoms with E-state index in [1.165, 1.54) is 122 Å². The maximum Gasteiger partial charge on any atom is 0.248 e. The SMILES string of the molecule is C=CCCCCCCCCCCCCCCCCCCCC[Si](C)(Cl)Cl. The lowest BCUT2D eigenvalue weighted by Crippen LogP contribution is -2.11. The summed E-state index contributed by atoms with van der Waals surface area (Å²) >= 11 is 12.2. The van der Waals surface area contributed by atoms with Crippen LogP contribution >= 0.6 is 22.2 Å². The van der Waals surface area contributed by atoms with Crippen molar-refractivity contribution in [1.82, 2.24) is 0 Å². The predicted molar refractivity (Wildman–Crippen MR) is 126 cm³/mol. The van der Waals surface area contributed by atoms with E-state index in [4.69, 9.17) is 22.2 Å². The number of rotatable bonds is 21. The summed E-state index contributed by atoms with van der Waals surface area (Å²) in [4.78, 5) is 0. The molecular formula is C23H46Cl2Si. The molecule has 0 unspecified atom stereocenters. The topological polar surface area (TPSA) is 0 Å². The van der Waals surface area contributed by atoms with Crippen LogP contribution in [-0.4, -0.2) is 6.69 Å². The molecule has 0 aliphatic rings. The zero-order chi connectivity index (χ0) is 19.3. The average molecular weight is 422 g/mol. The Morgan fingerprint density at radius 3 is 1.08 bits per heavy atom. The van der Waals surface area contributed by atoms with Crippen molar-refractivity contribution in [3.8, 4) is 0 Å². The lowest BCUT2D eigenvalue weighted by Gasteiger charge is -2.09. The zero-order valence-corrected chi connectivity index (χ0v) is 20.2. The summed E-state index contributed by atoms with van der Waals surface area (Å²) in [5.41, 5.74) is 0. The fourth-order valence-corrected chi connectivity index (χ4v) is 5.23. The molecule has 0 spiro atoms. The minimum atomic E-state index is -1.83. The fraction of sp³-hybridized carbons (Fsp3) is 0.913. The van der Waals surface area contributed by atoms with Gasteiger partial charge in [-0.1, -0.05) is 115 Å². The summed E-state index contributed by atoms with van der Waals surface area (Å²) < 4.78 is 0. The van der Waals surface area contributed by atoms with E-state index in [1.807, 2.05) is 12.6 Å². The molecule has 0 aliphatic carbocycles. The molecule has 0 bridgehead atoms. The quantitative estimate of drug-likeness (QED) is 0.0748. The third-order valence-corrected chi connectivity index (χ3v) is 7.64. The number of hydrogen-bond donors (Lipinski definition) is 0. The van der Waals surface area contributed by atoms with Crippen molar-refractivity contribution in [2.24, 2.45) is 0 Å². The van der Waals surface area contributed by atoms with Crippen LogP contribution in [0.25, 0.3) is 0 Å². The average Bonchev–Trinajstić information content (AvgIpc) is 2.59. The monoisotopic (exact) mass is 420 g/mol. The molecule has 0 aliphatic heterocycles. The van der Waals surface area contributed by atoms with Crippen LogP contribution in [0.5, 0.6) is 0 Å². The fourth-order valence-electron chi connectivity index (χ4n) is 3.55. The van der Waals surface area contributed by atoms with E-state index in [-0.39, 0.29) is 0 Å². The maximum atomic E-state index is 6.12. The number of unbranched alkanes of at least 4 members (excludes halogenated alkanes) is 18. The molecule has 0 aromatic heterocycles. The molecule has 0 saturated heterocycles. The highest BCUT2D eigenvalue weighted by Crippen LogP contribution is 2.23. The molecule has 0 heterocycles. The number of halogens is 2. The second-order valence-electron chi connectivity index (χ2n) is 8.26. The van der Waals surface area contributed by atoms with Crippen molar-refractivity contribution in [1.29, 1.82) is 0 Å². The molecule has 26 heavy (non-hydrogen) atoms. The van der Waals surface area contributed by atoms with Gasteiger partial charge in [-0.25, -0.2) is 0 Å². The standard InChI is InChI=1S/C23H46Cl2Si/c1-3-4-5-6-7-8-9-10-11-12-13-14-15-16-17-18-19-20-21-22-23-26(2,24)25/h3H,1,4-23H2,2H3. The van der Waals surface area contributed by atoms with E-state index in [0.29, 0.717) is 0 Å². The van der Waals surface area contributed by atoms with Gasteiger partial charge >= 0.3 is 0 Å². The summed E-state index contributed by atoms with van der Waals surface area (Å²) in [5, 5.41) is 0. The Balaban J connectivity index is 3.02. The first kappa shape index (κ1) is 26.5. The van der Waals surface area contributed by atoms with Crippen LogP contribution < -0.4 is 0 Å². The first-order valence-electron chi connectivity index (χ1n) is 11.5. The van der Waals surface area contributed by atoms with Gasteiger partial charge in [0, 0.05) is 0 Å². The van der Waals surface area contributed by atoms with Crippen LogP contribution in [0.1, 0.15) is 122 Å². The van der Waals surface area contributed by atoms with Gasteiger partial charge in [-0.05, 0) is 25.4 Å². The molecule has 3 heteroatoms. The number of hydrogen-bond acceptors (Lipinski definition) is 0. The van der Waals surface area contributed by atoms with Crippen molar-refractivity contribution in [3.63, 3.8) is 0 Å². The molecule has 0 atom stereocenters.